The van der Waals surface area contributed by atoms with E-state index in [0.29, 0.717) is 0 Å². The van der Waals surface area contributed by atoms with Crippen molar-refractivity contribution in [1.29, 1.82) is 0 Å². The van der Waals surface area contributed by atoms with Gasteiger partial charge in [-0.05, 0) is 0 Å². The SMILES string of the molecule is C[Si]12CCCCCCCCCCCCCC[Si](C)(CCCCCCCCCCCCCC1)CCCCCCCCCCCCCC2. The van der Waals surface area contributed by atoms with Gasteiger partial charge in [-0.15, -0.1) is 0 Å². The summed E-state index contributed by atoms with van der Waals surface area (Å²) in [4.78, 5) is 0. The van der Waals surface area contributed by atoms with Crippen LogP contribution < -0.4 is 0 Å². The molecule has 274 valence electrons. The van der Waals surface area contributed by atoms with E-state index in [1.807, 2.05) is 0 Å². The quantitative estimate of drug-likeness (QED) is 0.224. The average molecular weight is 675 g/mol. The van der Waals surface area contributed by atoms with Gasteiger partial charge in [-0.3, -0.25) is 0 Å². The Balaban J connectivity index is 1.92. The van der Waals surface area contributed by atoms with Gasteiger partial charge in [0.1, 0.15) is 0 Å². The van der Waals surface area contributed by atoms with Crippen molar-refractivity contribution in [1.82, 2.24) is 0 Å². The van der Waals surface area contributed by atoms with Crippen LogP contribution in [0.25, 0.3) is 0 Å². The maximum Gasteiger partial charge on any atom is 0.0504 e. The first-order chi connectivity index (χ1) is 22.6. The molecule has 0 amide bonds. The lowest BCUT2D eigenvalue weighted by Gasteiger charge is -2.28. The van der Waals surface area contributed by atoms with E-state index in [1.165, 1.54) is 193 Å². The van der Waals surface area contributed by atoms with Crippen molar-refractivity contribution in [3.8, 4) is 0 Å². The first-order valence-corrected chi connectivity index (χ1v) is 28.9. The molecular formula is C44H90Si2. The van der Waals surface area contributed by atoms with Crippen LogP contribution in [0.15, 0.2) is 0 Å². The fourth-order valence-corrected chi connectivity index (χ4v) is 17.5. The highest BCUT2D eigenvalue weighted by molar-refractivity contribution is 6.79. The largest absolute Gasteiger partial charge is 0.0691 e. The van der Waals surface area contributed by atoms with Crippen molar-refractivity contribution < 1.29 is 0 Å². The van der Waals surface area contributed by atoms with Gasteiger partial charge in [0, 0.05) is 0 Å². The summed E-state index contributed by atoms with van der Waals surface area (Å²) in [5.41, 5.74) is 0. The number of fused-ring (bicyclic) bond motifs is 39. The van der Waals surface area contributed by atoms with Crippen LogP contribution in [-0.4, -0.2) is 16.1 Å². The summed E-state index contributed by atoms with van der Waals surface area (Å²) >= 11 is 0. The van der Waals surface area contributed by atoms with Crippen molar-refractivity contribution in [3.63, 3.8) is 0 Å². The fourth-order valence-electron chi connectivity index (χ4n) is 9.36. The molecule has 3 fully saturated rings. The molecule has 3 aliphatic rings. The Hall–Kier alpha value is 0.434. The standard InChI is InChI=1S/C44H90Si2/c1-45-39-33-27-21-15-9-3-6-12-18-24-30-36-42-46(2,43-37-31-25-19-13-7-4-10-16-22-28-34-40-45)44-38-32-26-20-14-8-5-11-17-23-29-35-41-45/h3-44H2,1-2H3. The van der Waals surface area contributed by atoms with Crippen molar-refractivity contribution >= 4 is 16.1 Å². The van der Waals surface area contributed by atoms with Gasteiger partial charge in [0.2, 0.25) is 0 Å². The third-order valence-corrected chi connectivity index (χ3v) is 22.3. The summed E-state index contributed by atoms with van der Waals surface area (Å²) in [6.07, 6.45) is 54.9. The molecule has 3 aliphatic heterocycles. The van der Waals surface area contributed by atoms with Crippen LogP contribution in [-0.2, 0) is 0 Å². The molecule has 0 aromatic carbocycles. The first-order valence-electron chi connectivity index (χ1n) is 22.6. The van der Waals surface area contributed by atoms with Crippen LogP contribution in [0.5, 0.6) is 0 Å². The molecule has 0 spiro atoms. The van der Waals surface area contributed by atoms with Crippen molar-refractivity contribution in [3.05, 3.63) is 0 Å². The zero-order valence-electron chi connectivity index (χ0n) is 32.7. The van der Waals surface area contributed by atoms with Gasteiger partial charge in [-0.2, -0.15) is 0 Å². The van der Waals surface area contributed by atoms with Crippen molar-refractivity contribution in [2.75, 3.05) is 0 Å². The Kier molecular flexibility index (Phi) is 28.0. The van der Waals surface area contributed by atoms with E-state index in [1.54, 1.807) is 74.8 Å². The third-order valence-electron chi connectivity index (χ3n) is 12.9. The van der Waals surface area contributed by atoms with Gasteiger partial charge in [0.15, 0.2) is 0 Å². The molecule has 0 aliphatic carbocycles. The second-order valence-electron chi connectivity index (χ2n) is 17.8. The van der Waals surface area contributed by atoms with Crippen LogP contribution in [0, 0.1) is 0 Å². The number of hydrogen-bond donors (Lipinski definition) is 0. The molecule has 0 atom stereocenters. The lowest BCUT2D eigenvalue weighted by molar-refractivity contribution is 0.540. The third kappa shape index (κ3) is 25.4. The number of hydrogen-bond acceptors (Lipinski definition) is 0. The van der Waals surface area contributed by atoms with E-state index < -0.39 is 16.1 Å². The fraction of sp³-hybridized carbons (Fsp3) is 1.00. The predicted molar refractivity (Wildman–Crippen MR) is 218 cm³/mol. The van der Waals surface area contributed by atoms with Crippen LogP contribution >= 0.6 is 0 Å². The highest BCUT2D eigenvalue weighted by Gasteiger charge is 2.26. The Labute approximate surface area is 295 Å². The zero-order chi connectivity index (χ0) is 32.7. The molecule has 2 heteroatoms. The minimum Gasteiger partial charge on any atom is -0.0691 e. The van der Waals surface area contributed by atoms with Gasteiger partial charge >= 0.3 is 0 Å². The minimum absolute atomic E-state index is 1.04. The summed E-state index contributed by atoms with van der Waals surface area (Å²) in [7, 11) is -2.08. The molecular weight excluding hydrogens is 585 g/mol. The van der Waals surface area contributed by atoms with Crippen molar-refractivity contribution in [2.24, 2.45) is 0 Å². The van der Waals surface area contributed by atoms with Crippen molar-refractivity contribution in [2.45, 2.75) is 281 Å². The van der Waals surface area contributed by atoms with Crippen LogP contribution in [0.3, 0.4) is 0 Å². The number of rotatable bonds is 0. The van der Waals surface area contributed by atoms with Gasteiger partial charge in [-0.25, -0.2) is 0 Å². The molecule has 0 unspecified atom stereocenters. The Morgan fingerprint density at radius 2 is 0.239 bits per heavy atom. The molecule has 0 aromatic heterocycles. The predicted octanol–water partition coefficient (Wildman–Crippen LogP) is 17.2. The van der Waals surface area contributed by atoms with Gasteiger partial charge in [-0.1, -0.05) is 281 Å². The molecule has 0 N–H and O–H groups in total. The smallest absolute Gasteiger partial charge is 0.0504 e. The first kappa shape index (κ1) is 42.6. The molecule has 3 saturated heterocycles. The summed E-state index contributed by atoms with van der Waals surface area (Å²) < 4.78 is 0. The van der Waals surface area contributed by atoms with Gasteiger partial charge in [0.05, 0.1) is 16.1 Å². The summed E-state index contributed by atoms with van der Waals surface area (Å²) in [6.45, 7) is 5.66. The lowest BCUT2D eigenvalue weighted by Crippen LogP contribution is -2.29. The second-order valence-corrected chi connectivity index (χ2v) is 28.1. The molecule has 0 saturated carbocycles. The molecule has 0 radical (unpaired) electrons. The molecule has 2 bridgehead atoms. The van der Waals surface area contributed by atoms with E-state index in [9.17, 15) is 0 Å². The van der Waals surface area contributed by atoms with Crippen LogP contribution in [0.2, 0.25) is 49.4 Å². The van der Waals surface area contributed by atoms with E-state index in [2.05, 4.69) is 13.1 Å². The average Bonchev–Trinajstić information content (AvgIpc) is 3.04. The van der Waals surface area contributed by atoms with E-state index in [4.69, 9.17) is 0 Å². The lowest BCUT2D eigenvalue weighted by atomic mass is 10.1. The molecule has 3 rings (SSSR count). The van der Waals surface area contributed by atoms with Crippen LogP contribution in [0.1, 0.15) is 231 Å². The summed E-state index contributed by atoms with van der Waals surface area (Å²) in [5, 5.41) is 0. The minimum atomic E-state index is -1.04. The molecule has 3 heterocycles. The highest BCUT2D eigenvalue weighted by Crippen LogP contribution is 2.32. The maximum absolute atomic E-state index is 2.83. The highest BCUT2D eigenvalue weighted by atomic mass is 28.3. The Morgan fingerprint density at radius 3 is 0.348 bits per heavy atom. The molecule has 46 heavy (non-hydrogen) atoms. The summed E-state index contributed by atoms with van der Waals surface area (Å²) in [6, 6.07) is 9.88. The molecule has 0 aromatic rings. The second kappa shape index (κ2) is 30.3. The summed E-state index contributed by atoms with van der Waals surface area (Å²) in [5.74, 6) is 0. The topological polar surface area (TPSA) is 0 Å². The maximum atomic E-state index is 2.83. The van der Waals surface area contributed by atoms with Crippen LogP contribution in [0.4, 0.5) is 0 Å². The van der Waals surface area contributed by atoms with Gasteiger partial charge < -0.3 is 0 Å². The van der Waals surface area contributed by atoms with E-state index in [-0.39, 0.29) is 0 Å². The monoisotopic (exact) mass is 675 g/mol. The Morgan fingerprint density at radius 1 is 0.152 bits per heavy atom. The normalized spacial score (nSPS) is 30.4. The zero-order valence-corrected chi connectivity index (χ0v) is 34.7. The van der Waals surface area contributed by atoms with E-state index in [0.717, 1.165) is 0 Å². The molecule has 0 nitrogen and oxygen atoms in total. The Bertz CT molecular complexity index is 494. The van der Waals surface area contributed by atoms with Gasteiger partial charge in [0.25, 0.3) is 0 Å². The van der Waals surface area contributed by atoms with E-state index >= 15 is 0 Å².